The first-order chi connectivity index (χ1) is 12.1. The van der Waals surface area contributed by atoms with E-state index in [4.69, 9.17) is 14.5 Å². The van der Waals surface area contributed by atoms with Crippen LogP contribution < -0.4 is 15.4 Å². The number of benzene rings is 1. The molecule has 1 aliphatic heterocycles. The van der Waals surface area contributed by atoms with Gasteiger partial charge in [-0.3, -0.25) is 4.90 Å². The van der Waals surface area contributed by atoms with E-state index in [0.29, 0.717) is 12.6 Å². The van der Waals surface area contributed by atoms with Crippen LogP contribution in [0.2, 0.25) is 0 Å². The lowest BCUT2D eigenvalue weighted by Crippen LogP contribution is -2.49. The Morgan fingerprint density at radius 1 is 1.28 bits per heavy atom. The number of rotatable bonds is 7. The smallest absolute Gasteiger partial charge is 0.191 e. The van der Waals surface area contributed by atoms with E-state index >= 15 is 0 Å². The molecular formula is C19H32N4O2. The Labute approximate surface area is 151 Å². The molecule has 0 aromatic heterocycles. The highest BCUT2D eigenvalue weighted by Crippen LogP contribution is 2.17. The van der Waals surface area contributed by atoms with Gasteiger partial charge >= 0.3 is 0 Å². The number of hydrogen-bond donors (Lipinski definition) is 2. The van der Waals surface area contributed by atoms with Crippen molar-refractivity contribution in [2.45, 2.75) is 33.4 Å². The Hall–Kier alpha value is -1.79. The van der Waals surface area contributed by atoms with Crippen molar-refractivity contribution in [3.63, 3.8) is 0 Å². The van der Waals surface area contributed by atoms with E-state index in [9.17, 15) is 0 Å². The van der Waals surface area contributed by atoms with Crippen LogP contribution in [0.4, 0.5) is 0 Å². The number of morpholine rings is 1. The second-order valence-electron chi connectivity index (χ2n) is 6.43. The molecular weight excluding hydrogens is 316 g/mol. The topological polar surface area (TPSA) is 58.1 Å². The maximum atomic E-state index is 5.42. The Kier molecular flexibility index (Phi) is 8.01. The number of methoxy groups -OCH3 is 1. The predicted molar refractivity (Wildman–Crippen MR) is 102 cm³/mol. The minimum Gasteiger partial charge on any atom is -0.497 e. The van der Waals surface area contributed by atoms with Gasteiger partial charge < -0.3 is 20.1 Å². The number of guanidine groups is 1. The first kappa shape index (κ1) is 19.5. The fraction of sp³-hybridized carbons (Fsp3) is 0.632. The molecule has 0 saturated carbocycles. The van der Waals surface area contributed by atoms with Gasteiger partial charge in [-0.1, -0.05) is 6.07 Å². The monoisotopic (exact) mass is 348 g/mol. The number of ether oxygens (including phenoxy) is 2. The van der Waals surface area contributed by atoms with Gasteiger partial charge in [-0.05, 0) is 44.0 Å². The third-order valence-electron chi connectivity index (χ3n) is 4.34. The third kappa shape index (κ3) is 6.55. The van der Waals surface area contributed by atoms with E-state index in [1.807, 2.05) is 12.1 Å². The third-order valence-corrected chi connectivity index (χ3v) is 4.34. The van der Waals surface area contributed by atoms with Gasteiger partial charge in [0, 0.05) is 32.2 Å². The van der Waals surface area contributed by atoms with E-state index in [2.05, 4.69) is 42.4 Å². The molecule has 0 radical (unpaired) electrons. The molecule has 1 fully saturated rings. The van der Waals surface area contributed by atoms with Crippen LogP contribution in [0.15, 0.2) is 23.2 Å². The van der Waals surface area contributed by atoms with E-state index < -0.39 is 0 Å². The molecule has 1 aromatic carbocycles. The normalized spacial score (nSPS) is 17.2. The molecule has 2 N–H and O–H groups in total. The lowest BCUT2D eigenvalue weighted by molar-refractivity contribution is 0.0211. The van der Waals surface area contributed by atoms with Gasteiger partial charge in [-0.2, -0.15) is 0 Å². The summed E-state index contributed by atoms with van der Waals surface area (Å²) >= 11 is 0. The highest BCUT2D eigenvalue weighted by molar-refractivity contribution is 5.79. The quantitative estimate of drug-likeness (QED) is 0.581. The molecule has 1 unspecified atom stereocenters. The Morgan fingerprint density at radius 2 is 2.04 bits per heavy atom. The molecule has 2 rings (SSSR count). The first-order valence-corrected chi connectivity index (χ1v) is 9.11. The molecule has 1 saturated heterocycles. The average molecular weight is 348 g/mol. The SMILES string of the molecule is CCNC(=NCc1cc(C)cc(OC)c1)NCC(C)N1CCOCC1. The van der Waals surface area contributed by atoms with Crippen molar-refractivity contribution in [3.05, 3.63) is 29.3 Å². The molecule has 1 heterocycles. The summed E-state index contributed by atoms with van der Waals surface area (Å²) in [5.74, 6) is 1.73. The zero-order valence-electron chi connectivity index (χ0n) is 16.0. The van der Waals surface area contributed by atoms with Crippen LogP contribution in [0, 0.1) is 6.92 Å². The van der Waals surface area contributed by atoms with Crippen molar-refractivity contribution in [3.8, 4) is 5.75 Å². The van der Waals surface area contributed by atoms with Crippen molar-refractivity contribution in [2.24, 2.45) is 4.99 Å². The van der Waals surface area contributed by atoms with Crippen LogP contribution in [0.5, 0.6) is 5.75 Å². The zero-order valence-corrected chi connectivity index (χ0v) is 16.0. The molecule has 0 aliphatic carbocycles. The van der Waals surface area contributed by atoms with Gasteiger partial charge in [0.1, 0.15) is 5.75 Å². The second kappa shape index (κ2) is 10.3. The van der Waals surface area contributed by atoms with Crippen LogP contribution >= 0.6 is 0 Å². The van der Waals surface area contributed by atoms with Crippen molar-refractivity contribution >= 4 is 5.96 Å². The molecule has 0 amide bonds. The largest absolute Gasteiger partial charge is 0.497 e. The molecule has 1 aromatic rings. The lowest BCUT2D eigenvalue weighted by atomic mass is 10.1. The summed E-state index contributed by atoms with van der Waals surface area (Å²) in [6, 6.07) is 6.66. The highest BCUT2D eigenvalue weighted by Gasteiger charge is 2.16. The summed E-state index contributed by atoms with van der Waals surface area (Å²) in [6.45, 7) is 12.4. The van der Waals surface area contributed by atoms with Crippen LogP contribution in [-0.2, 0) is 11.3 Å². The van der Waals surface area contributed by atoms with Crippen molar-refractivity contribution in [2.75, 3.05) is 46.5 Å². The summed E-state index contributed by atoms with van der Waals surface area (Å²) in [7, 11) is 1.69. The lowest BCUT2D eigenvalue weighted by Gasteiger charge is -2.32. The first-order valence-electron chi connectivity index (χ1n) is 9.11. The number of aryl methyl sites for hydroxylation is 1. The molecule has 1 aliphatic rings. The van der Waals surface area contributed by atoms with Crippen molar-refractivity contribution < 1.29 is 9.47 Å². The zero-order chi connectivity index (χ0) is 18.1. The maximum Gasteiger partial charge on any atom is 0.191 e. The van der Waals surface area contributed by atoms with Crippen LogP contribution in [0.1, 0.15) is 25.0 Å². The van der Waals surface area contributed by atoms with Crippen LogP contribution in [0.3, 0.4) is 0 Å². The van der Waals surface area contributed by atoms with E-state index in [1.54, 1.807) is 7.11 Å². The standard InChI is InChI=1S/C19H32N4O2/c1-5-20-19(21-13-16(3)23-6-8-25-9-7-23)22-14-17-10-15(2)11-18(12-17)24-4/h10-12,16H,5-9,13-14H2,1-4H3,(H2,20,21,22). The highest BCUT2D eigenvalue weighted by atomic mass is 16.5. The molecule has 140 valence electrons. The van der Waals surface area contributed by atoms with E-state index in [-0.39, 0.29) is 0 Å². The number of aliphatic imine (C=N–C) groups is 1. The van der Waals surface area contributed by atoms with Gasteiger partial charge in [-0.25, -0.2) is 4.99 Å². The second-order valence-corrected chi connectivity index (χ2v) is 6.43. The minimum atomic E-state index is 0.451. The Balaban J connectivity index is 1.92. The molecule has 6 heteroatoms. The summed E-state index contributed by atoms with van der Waals surface area (Å²) in [5, 5.41) is 6.78. The van der Waals surface area contributed by atoms with Crippen LogP contribution in [0.25, 0.3) is 0 Å². The maximum absolute atomic E-state index is 5.42. The Bertz CT molecular complexity index is 556. The number of hydrogen-bond acceptors (Lipinski definition) is 4. The van der Waals surface area contributed by atoms with Gasteiger partial charge in [-0.15, -0.1) is 0 Å². The predicted octanol–water partition coefficient (Wildman–Crippen LogP) is 1.78. The van der Waals surface area contributed by atoms with Gasteiger partial charge in [0.2, 0.25) is 0 Å². The molecule has 1 atom stereocenters. The Morgan fingerprint density at radius 3 is 2.72 bits per heavy atom. The average Bonchev–Trinajstić information content (AvgIpc) is 2.64. The number of nitrogens with one attached hydrogen (secondary N) is 2. The van der Waals surface area contributed by atoms with E-state index in [0.717, 1.165) is 56.7 Å². The van der Waals surface area contributed by atoms with E-state index in [1.165, 1.54) is 5.56 Å². The summed E-state index contributed by atoms with van der Waals surface area (Å²) in [5.41, 5.74) is 2.33. The summed E-state index contributed by atoms with van der Waals surface area (Å²) in [6.07, 6.45) is 0. The molecule has 0 bridgehead atoms. The van der Waals surface area contributed by atoms with Crippen molar-refractivity contribution in [1.82, 2.24) is 15.5 Å². The van der Waals surface area contributed by atoms with Gasteiger partial charge in [0.15, 0.2) is 5.96 Å². The summed E-state index contributed by atoms with van der Waals surface area (Å²) < 4.78 is 10.8. The van der Waals surface area contributed by atoms with Crippen molar-refractivity contribution in [1.29, 1.82) is 0 Å². The summed E-state index contributed by atoms with van der Waals surface area (Å²) in [4.78, 5) is 7.16. The fourth-order valence-corrected chi connectivity index (χ4v) is 2.94. The van der Waals surface area contributed by atoms with Crippen LogP contribution in [-0.4, -0.2) is 63.4 Å². The number of nitrogens with zero attached hydrogens (tertiary/aromatic N) is 2. The van der Waals surface area contributed by atoms with Gasteiger partial charge in [0.25, 0.3) is 0 Å². The minimum absolute atomic E-state index is 0.451. The molecule has 0 spiro atoms. The fourth-order valence-electron chi connectivity index (χ4n) is 2.94. The molecule has 25 heavy (non-hydrogen) atoms. The van der Waals surface area contributed by atoms with Gasteiger partial charge in [0.05, 0.1) is 26.9 Å². The molecule has 6 nitrogen and oxygen atoms in total.